The van der Waals surface area contributed by atoms with Crippen LogP contribution in [0.3, 0.4) is 0 Å². The van der Waals surface area contributed by atoms with E-state index in [9.17, 15) is 0 Å². The van der Waals surface area contributed by atoms with Gasteiger partial charge in [0.15, 0.2) is 5.82 Å². The Morgan fingerprint density at radius 3 is 2.56 bits per heavy atom. The van der Waals surface area contributed by atoms with Crippen LogP contribution in [0.25, 0.3) is 0 Å². The molecule has 2 heterocycles. The molecule has 0 saturated heterocycles. The number of hydrogen-bond donors (Lipinski definition) is 2. The van der Waals surface area contributed by atoms with Crippen LogP contribution in [0.4, 0.5) is 5.82 Å². The minimum absolute atomic E-state index is 0.0836. The van der Waals surface area contributed by atoms with E-state index in [-0.39, 0.29) is 5.84 Å². The number of anilines is 1. The summed E-state index contributed by atoms with van der Waals surface area (Å²) in [7, 11) is 1.89. The Balaban J connectivity index is 2.24. The maximum Gasteiger partial charge on any atom is 0.158 e. The monoisotopic (exact) mass is 242 g/mol. The lowest BCUT2D eigenvalue weighted by Gasteiger charge is -2.19. The Hall–Kier alpha value is -2.50. The van der Waals surface area contributed by atoms with Gasteiger partial charge in [0.2, 0.25) is 0 Å². The molecule has 2 rings (SSSR count). The molecule has 0 aliphatic rings. The van der Waals surface area contributed by atoms with E-state index in [1.807, 2.05) is 24.1 Å². The lowest BCUT2D eigenvalue weighted by Crippen LogP contribution is -2.24. The van der Waals surface area contributed by atoms with Crippen LogP contribution >= 0.6 is 0 Å². The predicted octanol–water partition coefficient (Wildman–Crippen LogP) is 0.792. The Morgan fingerprint density at radius 1 is 1.22 bits per heavy atom. The SMILES string of the molecule is CN(Cc1ccncc1)c1nccnc1C(=N)N. The molecule has 0 bridgehead atoms. The number of nitrogens with zero attached hydrogens (tertiary/aromatic N) is 4. The molecule has 0 atom stereocenters. The highest BCUT2D eigenvalue weighted by molar-refractivity contribution is 5.97. The molecule has 2 aromatic rings. The molecule has 2 aromatic heterocycles. The van der Waals surface area contributed by atoms with Crippen LogP contribution < -0.4 is 10.6 Å². The Labute approximate surface area is 105 Å². The van der Waals surface area contributed by atoms with E-state index in [2.05, 4.69) is 15.0 Å². The van der Waals surface area contributed by atoms with Crippen molar-refractivity contribution in [3.8, 4) is 0 Å². The lowest BCUT2D eigenvalue weighted by atomic mass is 10.2. The molecule has 0 aliphatic heterocycles. The average Bonchev–Trinajstić information content (AvgIpc) is 2.40. The Kier molecular flexibility index (Phi) is 3.47. The maximum absolute atomic E-state index is 7.49. The van der Waals surface area contributed by atoms with Gasteiger partial charge >= 0.3 is 0 Å². The molecular formula is C12H14N6. The molecule has 92 valence electrons. The van der Waals surface area contributed by atoms with Crippen molar-refractivity contribution >= 4 is 11.7 Å². The second-order valence-corrected chi connectivity index (χ2v) is 3.85. The number of hydrogen-bond acceptors (Lipinski definition) is 5. The molecule has 0 amide bonds. The van der Waals surface area contributed by atoms with Crippen molar-refractivity contribution in [2.24, 2.45) is 5.73 Å². The van der Waals surface area contributed by atoms with Gasteiger partial charge in [-0.25, -0.2) is 9.97 Å². The summed E-state index contributed by atoms with van der Waals surface area (Å²) in [4.78, 5) is 14.2. The molecule has 6 heteroatoms. The fraction of sp³-hybridized carbons (Fsp3) is 0.167. The number of amidine groups is 1. The molecule has 0 saturated carbocycles. The second kappa shape index (κ2) is 5.22. The first kappa shape index (κ1) is 12.0. The average molecular weight is 242 g/mol. The second-order valence-electron chi connectivity index (χ2n) is 3.85. The van der Waals surface area contributed by atoms with Crippen LogP contribution in [0.15, 0.2) is 36.9 Å². The number of nitrogens with one attached hydrogen (secondary N) is 1. The third-order valence-electron chi connectivity index (χ3n) is 2.46. The molecule has 0 spiro atoms. The van der Waals surface area contributed by atoms with E-state index < -0.39 is 0 Å². The first-order valence-corrected chi connectivity index (χ1v) is 5.44. The highest BCUT2D eigenvalue weighted by Crippen LogP contribution is 2.15. The van der Waals surface area contributed by atoms with Gasteiger partial charge in [0.1, 0.15) is 11.5 Å². The summed E-state index contributed by atoms with van der Waals surface area (Å²) in [5.74, 6) is 0.515. The molecular weight excluding hydrogens is 228 g/mol. The Morgan fingerprint density at radius 2 is 1.89 bits per heavy atom. The van der Waals surface area contributed by atoms with Gasteiger partial charge in [-0.3, -0.25) is 10.4 Å². The zero-order valence-corrected chi connectivity index (χ0v) is 10.0. The van der Waals surface area contributed by atoms with E-state index in [1.165, 1.54) is 6.20 Å². The van der Waals surface area contributed by atoms with Crippen LogP contribution in [-0.4, -0.2) is 27.8 Å². The zero-order chi connectivity index (χ0) is 13.0. The third kappa shape index (κ3) is 2.60. The van der Waals surface area contributed by atoms with Crippen molar-refractivity contribution in [1.29, 1.82) is 5.41 Å². The number of pyridine rings is 1. The van der Waals surface area contributed by atoms with Crippen LogP contribution in [-0.2, 0) is 6.54 Å². The predicted molar refractivity (Wildman–Crippen MR) is 69.4 cm³/mol. The minimum atomic E-state index is -0.0836. The topological polar surface area (TPSA) is 91.8 Å². The van der Waals surface area contributed by atoms with Crippen molar-refractivity contribution in [3.05, 3.63) is 48.2 Å². The highest BCUT2D eigenvalue weighted by atomic mass is 15.2. The van der Waals surface area contributed by atoms with Crippen molar-refractivity contribution in [3.63, 3.8) is 0 Å². The van der Waals surface area contributed by atoms with E-state index in [0.29, 0.717) is 18.1 Å². The van der Waals surface area contributed by atoms with E-state index in [4.69, 9.17) is 11.1 Å². The standard InChI is InChI=1S/C12H14N6/c1-18(8-9-2-4-15-5-3-9)12-10(11(13)14)16-6-7-17-12/h2-7H,8H2,1H3,(H3,13,14). The van der Waals surface area contributed by atoms with Gasteiger partial charge in [0, 0.05) is 38.4 Å². The first-order valence-electron chi connectivity index (χ1n) is 5.44. The van der Waals surface area contributed by atoms with Crippen molar-refractivity contribution in [2.45, 2.75) is 6.54 Å². The number of rotatable bonds is 4. The minimum Gasteiger partial charge on any atom is -0.382 e. The number of aromatic nitrogens is 3. The van der Waals surface area contributed by atoms with Crippen molar-refractivity contribution in [2.75, 3.05) is 11.9 Å². The van der Waals surface area contributed by atoms with Crippen LogP contribution in [0.1, 0.15) is 11.3 Å². The van der Waals surface area contributed by atoms with Crippen LogP contribution in [0, 0.1) is 5.41 Å². The summed E-state index contributed by atoms with van der Waals surface area (Å²) >= 11 is 0. The summed E-state index contributed by atoms with van der Waals surface area (Å²) in [6.07, 6.45) is 6.60. The quantitative estimate of drug-likeness (QED) is 0.611. The summed E-state index contributed by atoms with van der Waals surface area (Å²) < 4.78 is 0. The van der Waals surface area contributed by atoms with Crippen LogP contribution in [0.2, 0.25) is 0 Å². The highest BCUT2D eigenvalue weighted by Gasteiger charge is 2.12. The van der Waals surface area contributed by atoms with Gasteiger partial charge in [-0.1, -0.05) is 0 Å². The molecule has 0 aliphatic carbocycles. The van der Waals surface area contributed by atoms with E-state index >= 15 is 0 Å². The molecule has 0 unspecified atom stereocenters. The Bertz CT molecular complexity index is 539. The van der Waals surface area contributed by atoms with Gasteiger partial charge in [0.05, 0.1) is 0 Å². The summed E-state index contributed by atoms with van der Waals surface area (Å²) in [5.41, 5.74) is 6.99. The molecule has 0 aromatic carbocycles. The first-order chi connectivity index (χ1) is 8.68. The summed E-state index contributed by atoms with van der Waals surface area (Å²) in [5, 5.41) is 7.49. The molecule has 3 N–H and O–H groups in total. The normalized spacial score (nSPS) is 10.1. The van der Waals surface area contributed by atoms with Gasteiger partial charge < -0.3 is 10.6 Å². The fourth-order valence-corrected chi connectivity index (χ4v) is 1.64. The molecule has 6 nitrogen and oxygen atoms in total. The van der Waals surface area contributed by atoms with Crippen molar-refractivity contribution in [1.82, 2.24) is 15.0 Å². The van der Waals surface area contributed by atoms with Crippen LogP contribution in [0.5, 0.6) is 0 Å². The number of nitrogens with two attached hydrogens (primary N) is 1. The third-order valence-corrected chi connectivity index (χ3v) is 2.46. The number of nitrogen functional groups attached to an aromatic ring is 1. The van der Waals surface area contributed by atoms with E-state index in [1.54, 1.807) is 18.6 Å². The van der Waals surface area contributed by atoms with Crippen molar-refractivity contribution < 1.29 is 0 Å². The van der Waals surface area contributed by atoms with Gasteiger partial charge in [0.25, 0.3) is 0 Å². The smallest absolute Gasteiger partial charge is 0.158 e. The van der Waals surface area contributed by atoms with Gasteiger partial charge in [-0.2, -0.15) is 0 Å². The fourth-order valence-electron chi connectivity index (χ4n) is 1.64. The van der Waals surface area contributed by atoms with Gasteiger partial charge in [-0.15, -0.1) is 0 Å². The lowest BCUT2D eigenvalue weighted by molar-refractivity contribution is 0.883. The molecule has 0 radical (unpaired) electrons. The van der Waals surface area contributed by atoms with Gasteiger partial charge in [-0.05, 0) is 17.7 Å². The molecule has 18 heavy (non-hydrogen) atoms. The maximum atomic E-state index is 7.49. The summed E-state index contributed by atoms with van der Waals surface area (Å²) in [6.45, 7) is 0.654. The summed E-state index contributed by atoms with van der Waals surface area (Å²) in [6, 6.07) is 3.86. The zero-order valence-electron chi connectivity index (χ0n) is 10.0. The van der Waals surface area contributed by atoms with E-state index in [0.717, 1.165) is 5.56 Å². The molecule has 0 fully saturated rings. The largest absolute Gasteiger partial charge is 0.382 e.